The zero-order valence-electron chi connectivity index (χ0n) is 14.9. The number of allylic oxidation sites excluding steroid dienone is 2. The summed E-state index contributed by atoms with van der Waals surface area (Å²) < 4.78 is 0. The van der Waals surface area contributed by atoms with E-state index in [1.54, 1.807) is 48.6 Å². The first-order chi connectivity index (χ1) is 13.5. The summed E-state index contributed by atoms with van der Waals surface area (Å²) in [7, 11) is 0. The number of carbonyl (C=O) groups excluding carboxylic acids is 2. The van der Waals surface area contributed by atoms with E-state index in [1.807, 2.05) is 24.3 Å². The molecule has 3 rings (SSSR count). The molecule has 0 spiro atoms. The molecular formula is C24H18O4. The Kier molecular flexibility index (Phi) is 5.82. The van der Waals surface area contributed by atoms with Crippen LogP contribution in [0.15, 0.2) is 84.9 Å². The van der Waals surface area contributed by atoms with E-state index in [2.05, 4.69) is 0 Å². The smallest absolute Gasteiger partial charge is 0.189 e. The molecule has 0 fully saturated rings. The first kappa shape index (κ1) is 18.9. The highest BCUT2D eigenvalue weighted by Crippen LogP contribution is 2.18. The summed E-state index contributed by atoms with van der Waals surface area (Å²) >= 11 is 0. The number of hydrogen-bond acceptors (Lipinski definition) is 4. The lowest BCUT2D eigenvalue weighted by atomic mass is 10.1. The second-order valence-corrected chi connectivity index (χ2v) is 6.10. The van der Waals surface area contributed by atoms with Crippen LogP contribution in [-0.4, -0.2) is 21.8 Å². The van der Waals surface area contributed by atoms with Gasteiger partial charge in [0.05, 0.1) is 11.1 Å². The molecule has 0 aromatic heterocycles. The zero-order valence-corrected chi connectivity index (χ0v) is 14.9. The van der Waals surface area contributed by atoms with Gasteiger partial charge in [0.25, 0.3) is 0 Å². The summed E-state index contributed by atoms with van der Waals surface area (Å²) in [5.74, 6) is -0.663. The lowest BCUT2D eigenvalue weighted by Crippen LogP contribution is -1.94. The Hall–Kier alpha value is -3.92. The van der Waals surface area contributed by atoms with Gasteiger partial charge in [-0.15, -0.1) is 0 Å². The molecule has 3 aromatic carbocycles. The van der Waals surface area contributed by atoms with Crippen molar-refractivity contribution in [3.63, 3.8) is 0 Å². The number of carbonyl (C=O) groups is 2. The van der Waals surface area contributed by atoms with E-state index in [1.165, 1.54) is 24.3 Å². The Morgan fingerprint density at radius 3 is 1.29 bits per heavy atom. The van der Waals surface area contributed by atoms with Crippen molar-refractivity contribution in [1.29, 1.82) is 0 Å². The summed E-state index contributed by atoms with van der Waals surface area (Å²) in [5.41, 5.74) is 2.13. The predicted octanol–water partition coefficient (Wildman–Crippen LogP) is 4.89. The minimum atomic E-state index is -0.282. The van der Waals surface area contributed by atoms with Gasteiger partial charge in [-0.25, -0.2) is 0 Å². The molecule has 0 atom stereocenters. The molecular weight excluding hydrogens is 352 g/mol. The summed E-state index contributed by atoms with van der Waals surface area (Å²) in [5, 5.41) is 19.4. The number of rotatable bonds is 6. The van der Waals surface area contributed by atoms with Crippen LogP contribution in [0.4, 0.5) is 0 Å². The van der Waals surface area contributed by atoms with Crippen molar-refractivity contribution in [2.75, 3.05) is 0 Å². The van der Waals surface area contributed by atoms with Gasteiger partial charge in [-0.1, -0.05) is 60.7 Å². The molecule has 2 N–H and O–H groups in total. The molecule has 28 heavy (non-hydrogen) atoms. The average Bonchev–Trinajstić information content (AvgIpc) is 2.71. The molecule has 4 nitrogen and oxygen atoms in total. The third kappa shape index (κ3) is 4.62. The topological polar surface area (TPSA) is 74.6 Å². The monoisotopic (exact) mass is 370 g/mol. The Morgan fingerprint density at radius 2 is 0.929 bits per heavy atom. The first-order valence-electron chi connectivity index (χ1n) is 8.65. The van der Waals surface area contributed by atoms with E-state index in [-0.39, 0.29) is 34.2 Å². The fourth-order valence-corrected chi connectivity index (χ4v) is 2.61. The standard InChI is InChI=1S/C24H18O4/c25-21-7-3-1-5-19(21)23(27)15-13-17-9-11-18(12-10-17)14-16-24(28)20-6-2-4-8-22(20)26/h1-16,25-26H/b15-13-,16-14-. The third-order valence-electron chi connectivity index (χ3n) is 4.13. The highest BCUT2D eigenvalue weighted by molar-refractivity contribution is 6.09. The van der Waals surface area contributed by atoms with E-state index in [9.17, 15) is 19.8 Å². The maximum Gasteiger partial charge on any atom is 0.189 e. The van der Waals surface area contributed by atoms with Gasteiger partial charge in [0.2, 0.25) is 0 Å². The number of ketones is 2. The number of phenols is 2. The molecule has 0 saturated heterocycles. The zero-order chi connectivity index (χ0) is 19.9. The minimum Gasteiger partial charge on any atom is -0.507 e. The Labute approximate surface area is 162 Å². The molecule has 0 radical (unpaired) electrons. The number of benzene rings is 3. The lowest BCUT2D eigenvalue weighted by molar-refractivity contribution is 0.103. The Morgan fingerprint density at radius 1 is 0.571 bits per heavy atom. The average molecular weight is 370 g/mol. The quantitative estimate of drug-likeness (QED) is 0.478. The molecule has 0 unspecified atom stereocenters. The number of para-hydroxylation sites is 2. The van der Waals surface area contributed by atoms with Crippen LogP contribution in [0.3, 0.4) is 0 Å². The molecule has 4 heteroatoms. The van der Waals surface area contributed by atoms with Crippen molar-refractivity contribution in [2.24, 2.45) is 0 Å². The van der Waals surface area contributed by atoms with Gasteiger partial charge in [-0.3, -0.25) is 9.59 Å². The SMILES string of the molecule is O=C(/C=C\c1ccc(/C=C\C(=O)c2ccccc2O)cc1)c1ccccc1O. The molecule has 138 valence electrons. The molecule has 0 amide bonds. The summed E-state index contributed by atoms with van der Waals surface area (Å²) in [6.07, 6.45) is 6.13. The second-order valence-electron chi connectivity index (χ2n) is 6.10. The summed E-state index contributed by atoms with van der Waals surface area (Å²) in [4.78, 5) is 24.3. The summed E-state index contributed by atoms with van der Waals surface area (Å²) in [6, 6.07) is 20.1. The van der Waals surface area contributed by atoms with Gasteiger partial charge in [0.15, 0.2) is 11.6 Å². The normalized spacial score (nSPS) is 11.1. The molecule has 0 aliphatic carbocycles. The maximum atomic E-state index is 12.1. The van der Waals surface area contributed by atoms with E-state index in [0.717, 1.165) is 11.1 Å². The molecule has 0 bridgehead atoms. The number of phenolic OH excluding ortho intramolecular Hbond substituents is 2. The molecule has 0 aliphatic heterocycles. The van der Waals surface area contributed by atoms with Crippen LogP contribution in [0.5, 0.6) is 11.5 Å². The van der Waals surface area contributed by atoms with Crippen LogP contribution in [0.1, 0.15) is 31.8 Å². The van der Waals surface area contributed by atoms with Gasteiger partial charge < -0.3 is 10.2 Å². The van der Waals surface area contributed by atoms with E-state index < -0.39 is 0 Å². The maximum absolute atomic E-state index is 12.1. The van der Waals surface area contributed by atoms with Gasteiger partial charge in [-0.2, -0.15) is 0 Å². The number of hydrogen-bond donors (Lipinski definition) is 2. The van der Waals surface area contributed by atoms with Gasteiger partial charge in [0, 0.05) is 0 Å². The van der Waals surface area contributed by atoms with E-state index in [0.29, 0.717) is 0 Å². The van der Waals surface area contributed by atoms with Gasteiger partial charge in [0.1, 0.15) is 11.5 Å². The van der Waals surface area contributed by atoms with Crippen molar-refractivity contribution in [3.8, 4) is 11.5 Å². The van der Waals surface area contributed by atoms with E-state index >= 15 is 0 Å². The minimum absolute atomic E-state index is 0.0493. The van der Waals surface area contributed by atoms with Crippen molar-refractivity contribution in [1.82, 2.24) is 0 Å². The van der Waals surface area contributed by atoms with Crippen molar-refractivity contribution in [3.05, 3.63) is 107 Å². The molecule has 0 aliphatic rings. The third-order valence-corrected chi connectivity index (χ3v) is 4.13. The van der Waals surface area contributed by atoms with Crippen LogP contribution in [0.25, 0.3) is 12.2 Å². The first-order valence-corrected chi connectivity index (χ1v) is 8.65. The molecule has 0 saturated carbocycles. The van der Waals surface area contributed by atoms with E-state index in [4.69, 9.17) is 0 Å². The van der Waals surface area contributed by atoms with Gasteiger partial charge >= 0.3 is 0 Å². The highest BCUT2D eigenvalue weighted by atomic mass is 16.3. The highest BCUT2D eigenvalue weighted by Gasteiger charge is 2.07. The molecule has 3 aromatic rings. The van der Waals surface area contributed by atoms with Gasteiger partial charge in [-0.05, 0) is 47.5 Å². The second kappa shape index (κ2) is 8.64. The van der Waals surface area contributed by atoms with Crippen LogP contribution in [0, 0.1) is 0 Å². The van der Waals surface area contributed by atoms with Crippen molar-refractivity contribution >= 4 is 23.7 Å². The fourth-order valence-electron chi connectivity index (χ4n) is 2.61. The van der Waals surface area contributed by atoms with Crippen LogP contribution >= 0.6 is 0 Å². The number of aromatic hydroxyl groups is 2. The Balaban J connectivity index is 1.67. The summed E-state index contributed by atoms with van der Waals surface area (Å²) in [6.45, 7) is 0. The lowest BCUT2D eigenvalue weighted by Gasteiger charge is -2.00. The van der Waals surface area contributed by atoms with Crippen molar-refractivity contribution < 1.29 is 19.8 Å². The Bertz CT molecular complexity index is 973. The predicted molar refractivity (Wildman–Crippen MR) is 109 cm³/mol. The largest absolute Gasteiger partial charge is 0.507 e. The van der Waals surface area contributed by atoms with Crippen LogP contribution < -0.4 is 0 Å². The fraction of sp³-hybridized carbons (Fsp3) is 0. The van der Waals surface area contributed by atoms with Crippen molar-refractivity contribution in [2.45, 2.75) is 0 Å². The van der Waals surface area contributed by atoms with Crippen LogP contribution in [0.2, 0.25) is 0 Å². The molecule has 0 heterocycles. The van der Waals surface area contributed by atoms with Crippen LogP contribution in [-0.2, 0) is 0 Å².